The Morgan fingerprint density at radius 1 is 1.24 bits per heavy atom. The summed E-state index contributed by atoms with van der Waals surface area (Å²) in [6.07, 6.45) is 0. The third kappa shape index (κ3) is 4.68. The topological polar surface area (TPSA) is 83.7 Å². The molecule has 0 atom stereocenters. The Morgan fingerprint density at radius 2 is 2.05 bits per heavy atom. The number of benzene rings is 1. The normalized spacial score (nSPS) is 9.95. The van der Waals surface area contributed by atoms with Crippen molar-refractivity contribution in [2.45, 2.75) is 6.61 Å². The first kappa shape index (κ1) is 14.6. The number of rotatable bonds is 6. The molecule has 0 amide bonds. The fraction of sp³-hybridized carbons (Fsp3) is 0.200. The summed E-state index contributed by atoms with van der Waals surface area (Å²) >= 11 is 0. The predicted octanol–water partition coefficient (Wildman–Crippen LogP) is 1.79. The minimum Gasteiger partial charge on any atom is -0.482 e. The van der Waals surface area contributed by atoms with Crippen LogP contribution in [-0.2, 0) is 16.1 Å². The van der Waals surface area contributed by atoms with Crippen LogP contribution in [0.25, 0.3) is 0 Å². The zero-order valence-corrected chi connectivity index (χ0v) is 11.6. The second kappa shape index (κ2) is 7.14. The first-order valence-corrected chi connectivity index (χ1v) is 6.31. The zero-order chi connectivity index (χ0) is 15.1. The molecule has 21 heavy (non-hydrogen) atoms. The minimum absolute atomic E-state index is 0.0658. The highest BCUT2D eigenvalue weighted by Crippen LogP contribution is 2.14. The fourth-order valence-corrected chi connectivity index (χ4v) is 1.59. The first-order chi connectivity index (χ1) is 10.2. The largest absolute Gasteiger partial charge is 0.482 e. The molecule has 1 heterocycles. The van der Waals surface area contributed by atoms with E-state index in [1.165, 1.54) is 7.11 Å². The molecule has 0 unspecified atom stereocenters. The van der Waals surface area contributed by atoms with Crippen molar-refractivity contribution in [3.8, 4) is 11.6 Å². The Hall–Kier alpha value is -2.76. The summed E-state index contributed by atoms with van der Waals surface area (Å²) in [6.45, 7) is -0.121. The van der Waals surface area contributed by atoms with E-state index >= 15 is 0 Å². The number of pyridine rings is 1. The molecule has 0 aliphatic carbocycles. The van der Waals surface area contributed by atoms with Gasteiger partial charge in [-0.2, -0.15) is 0 Å². The van der Waals surface area contributed by atoms with Crippen molar-refractivity contribution in [2.75, 3.05) is 19.5 Å². The van der Waals surface area contributed by atoms with E-state index in [-0.39, 0.29) is 13.2 Å². The van der Waals surface area contributed by atoms with Gasteiger partial charge in [-0.1, -0.05) is 12.1 Å². The van der Waals surface area contributed by atoms with E-state index < -0.39 is 5.97 Å². The number of anilines is 1. The summed E-state index contributed by atoms with van der Waals surface area (Å²) in [4.78, 5) is 15.7. The monoisotopic (exact) mass is 288 g/mol. The van der Waals surface area contributed by atoms with Gasteiger partial charge >= 0.3 is 5.97 Å². The summed E-state index contributed by atoms with van der Waals surface area (Å²) in [5, 5.41) is 0. The number of hydrogen-bond acceptors (Lipinski definition) is 6. The minimum atomic E-state index is -0.484. The number of carbonyl (C=O) groups is 1. The van der Waals surface area contributed by atoms with E-state index in [9.17, 15) is 4.79 Å². The SMILES string of the molecule is COc1cccc(COC(=O)COc2cccc(N)c2)n1. The van der Waals surface area contributed by atoms with Gasteiger partial charge in [-0.25, -0.2) is 9.78 Å². The molecule has 0 saturated carbocycles. The van der Waals surface area contributed by atoms with Gasteiger partial charge in [0.2, 0.25) is 5.88 Å². The van der Waals surface area contributed by atoms with Crippen LogP contribution in [0.3, 0.4) is 0 Å². The van der Waals surface area contributed by atoms with Crippen LogP contribution in [-0.4, -0.2) is 24.7 Å². The number of methoxy groups -OCH3 is 1. The second-order valence-corrected chi connectivity index (χ2v) is 4.19. The number of esters is 1. The van der Waals surface area contributed by atoms with E-state index in [1.807, 2.05) is 0 Å². The van der Waals surface area contributed by atoms with E-state index in [2.05, 4.69) is 4.98 Å². The Kier molecular flexibility index (Phi) is 4.98. The lowest BCUT2D eigenvalue weighted by Gasteiger charge is -2.07. The van der Waals surface area contributed by atoms with Crippen LogP contribution in [0.2, 0.25) is 0 Å². The number of nitrogen functional groups attached to an aromatic ring is 1. The molecule has 0 saturated heterocycles. The average molecular weight is 288 g/mol. The highest BCUT2D eigenvalue weighted by atomic mass is 16.6. The summed E-state index contributed by atoms with van der Waals surface area (Å²) in [7, 11) is 1.53. The number of nitrogens with two attached hydrogens (primary N) is 1. The third-order valence-electron chi connectivity index (χ3n) is 2.59. The van der Waals surface area contributed by atoms with Crippen molar-refractivity contribution < 1.29 is 19.0 Å². The molecule has 0 fully saturated rings. The smallest absolute Gasteiger partial charge is 0.344 e. The number of hydrogen-bond donors (Lipinski definition) is 1. The molecule has 0 radical (unpaired) electrons. The van der Waals surface area contributed by atoms with Gasteiger partial charge in [-0.05, 0) is 18.2 Å². The first-order valence-electron chi connectivity index (χ1n) is 6.31. The van der Waals surface area contributed by atoms with Crippen LogP contribution in [0, 0.1) is 0 Å². The molecule has 2 aromatic rings. The molecule has 0 bridgehead atoms. The maximum Gasteiger partial charge on any atom is 0.344 e. The Balaban J connectivity index is 1.79. The van der Waals surface area contributed by atoms with Gasteiger partial charge in [0.05, 0.1) is 12.8 Å². The van der Waals surface area contributed by atoms with Crippen LogP contribution in [0.4, 0.5) is 5.69 Å². The molecular formula is C15H16N2O4. The number of nitrogens with zero attached hydrogens (tertiary/aromatic N) is 1. The predicted molar refractivity (Wildman–Crippen MR) is 76.9 cm³/mol. The van der Waals surface area contributed by atoms with Gasteiger partial charge in [0.25, 0.3) is 0 Å². The van der Waals surface area contributed by atoms with Gasteiger partial charge in [0.15, 0.2) is 6.61 Å². The maximum atomic E-state index is 11.6. The Labute approximate surface area is 122 Å². The summed E-state index contributed by atoms with van der Waals surface area (Å²) in [5.74, 6) is 0.507. The highest BCUT2D eigenvalue weighted by Gasteiger charge is 2.06. The lowest BCUT2D eigenvalue weighted by molar-refractivity contribution is -0.147. The molecule has 2 rings (SSSR count). The standard InChI is InChI=1S/C15H16N2O4/c1-19-14-7-3-5-12(17-14)9-21-15(18)10-20-13-6-2-4-11(16)8-13/h2-8H,9-10,16H2,1H3. The van der Waals surface area contributed by atoms with E-state index in [0.29, 0.717) is 23.0 Å². The Morgan fingerprint density at radius 3 is 2.81 bits per heavy atom. The molecule has 2 N–H and O–H groups in total. The molecule has 110 valence electrons. The lowest BCUT2D eigenvalue weighted by Crippen LogP contribution is -2.15. The van der Waals surface area contributed by atoms with E-state index in [0.717, 1.165) is 0 Å². The van der Waals surface area contributed by atoms with Gasteiger partial charge in [-0.3, -0.25) is 0 Å². The van der Waals surface area contributed by atoms with Crippen molar-refractivity contribution in [3.63, 3.8) is 0 Å². The van der Waals surface area contributed by atoms with Crippen LogP contribution in [0.5, 0.6) is 11.6 Å². The molecule has 0 spiro atoms. The molecule has 6 nitrogen and oxygen atoms in total. The van der Waals surface area contributed by atoms with E-state index in [1.54, 1.807) is 42.5 Å². The highest BCUT2D eigenvalue weighted by molar-refractivity contribution is 5.71. The zero-order valence-electron chi connectivity index (χ0n) is 11.6. The van der Waals surface area contributed by atoms with Crippen molar-refractivity contribution in [1.29, 1.82) is 0 Å². The molecule has 1 aromatic heterocycles. The van der Waals surface area contributed by atoms with Gasteiger partial charge in [0, 0.05) is 17.8 Å². The van der Waals surface area contributed by atoms with Gasteiger partial charge in [0.1, 0.15) is 12.4 Å². The van der Waals surface area contributed by atoms with Crippen molar-refractivity contribution in [2.24, 2.45) is 0 Å². The fourth-order valence-electron chi connectivity index (χ4n) is 1.59. The lowest BCUT2D eigenvalue weighted by atomic mass is 10.3. The van der Waals surface area contributed by atoms with Crippen LogP contribution < -0.4 is 15.2 Å². The van der Waals surface area contributed by atoms with E-state index in [4.69, 9.17) is 19.9 Å². The third-order valence-corrected chi connectivity index (χ3v) is 2.59. The second-order valence-electron chi connectivity index (χ2n) is 4.19. The number of ether oxygens (including phenoxy) is 3. The van der Waals surface area contributed by atoms with Crippen molar-refractivity contribution in [1.82, 2.24) is 4.98 Å². The number of carbonyl (C=O) groups excluding carboxylic acids is 1. The average Bonchev–Trinajstić information content (AvgIpc) is 2.51. The van der Waals surface area contributed by atoms with Crippen LogP contribution >= 0.6 is 0 Å². The molecular weight excluding hydrogens is 272 g/mol. The van der Waals surface area contributed by atoms with Gasteiger partial charge in [-0.15, -0.1) is 0 Å². The summed E-state index contributed by atoms with van der Waals surface area (Å²) in [5.41, 5.74) is 6.78. The maximum absolute atomic E-state index is 11.6. The summed E-state index contributed by atoms with van der Waals surface area (Å²) in [6, 6.07) is 12.1. The molecule has 6 heteroatoms. The molecule has 0 aliphatic rings. The summed E-state index contributed by atoms with van der Waals surface area (Å²) < 4.78 is 15.3. The Bertz CT molecular complexity index is 616. The number of aromatic nitrogens is 1. The van der Waals surface area contributed by atoms with Crippen LogP contribution in [0.1, 0.15) is 5.69 Å². The molecule has 0 aliphatic heterocycles. The molecule has 1 aromatic carbocycles. The van der Waals surface area contributed by atoms with Crippen LogP contribution in [0.15, 0.2) is 42.5 Å². The quantitative estimate of drug-likeness (QED) is 0.644. The van der Waals surface area contributed by atoms with Crippen molar-refractivity contribution >= 4 is 11.7 Å². The van der Waals surface area contributed by atoms with Gasteiger partial charge < -0.3 is 19.9 Å². The van der Waals surface area contributed by atoms with Crippen molar-refractivity contribution in [3.05, 3.63) is 48.2 Å².